The van der Waals surface area contributed by atoms with E-state index in [1.807, 2.05) is 6.92 Å². The van der Waals surface area contributed by atoms with Gasteiger partial charge in [-0.25, -0.2) is 4.39 Å². The highest BCUT2D eigenvalue weighted by Crippen LogP contribution is 2.35. The van der Waals surface area contributed by atoms with Crippen LogP contribution in [0.1, 0.15) is 34.8 Å². The number of aromatic nitrogens is 1. The highest BCUT2D eigenvalue weighted by Gasteiger charge is 2.23. The van der Waals surface area contributed by atoms with Crippen molar-refractivity contribution in [1.82, 2.24) is 4.57 Å². The first-order valence-corrected chi connectivity index (χ1v) is 11.2. The minimum Gasteiger partial charge on any atom is -0.488 e. The number of anilines is 2. The summed E-state index contributed by atoms with van der Waals surface area (Å²) in [7, 11) is 3.06. The lowest BCUT2D eigenvalue weighted by Crippen LogP contribution is -2.25. The molecule has 0 aliphatic carbocycles. The normalized spacial score (nSPS) is 11.7. The van der Waals surface area contributed by atoms with Crippen LogP contribution < -0.4 is 26.1 Å². The second-order valence-corrected chi connectivity index (χ2v) is 8.19. The van der Waals surface area contributed by atoms with Crippen LogP contribution in [-0.2, 0) is 11.8 Å². The number of ether oxygens (including phenoxy) is 3. The maximum absolute atomic E-state index is 14.5. The van der Waals surface area contributed by atoms with Crippen LogP contribution in [0.3, 0.4) is 0 Å². The molecule has 0 saturated carbocycles. The number of carbonyl (C=O) groups is 1. The molecule has 3 aromatic rings. The lowest BCUT2D eigenvalue weighted by atomic mass is 10.1. The number of pyridine rings is 1. The Bertz CT molecular complexity index is 1290. The molecule has 8 nitrogen and oxygen atoms in total. The first-order chi connectivity index (χ1) is 16.7. The van der Waals surface area contributed by atoms with Crippen molar-refractivity contribution >= 4 is 17.4 Å². The number of nitrogens with zero attached hydrogens (tertiary/aromatic N) is 1. The third-order valence-electron chi connectivity index (χ3n) is 5.58. The Hall–Kier alpha value is -3.85. The Labute approximate surface area is 203 Å². The SMILES string of the molecule is CCC(COC)Oc1cccc(Oc2cc(=O)n(C)c(Nc3ccc(C)cc3F)c2C(N)=O)c1C. The van der Waals surface area contributed by atoms with Gasteiger partial charge in [0.15, 0.2) is 0 Å². The van der Waals surface area contributed by atoms with E-state index in [1.165, 1.54) is 29.8 Å². The van der Waals surface area contributed by atoms with Crippen LogP contribution in [0.4, 0.5) is 15.9 Å². The Kier molecular flexibility index (Phi) is 8.14. The van der Waals surface area contributed by atoms with Crippen molar-refractivity contribution in [2.75, 3.05) is 19.0 Å². The second kappa shape index (κ2) is 11.1. The average Bonchev–Trinajstić information content (AvgIpc) is 2.80. The number of hydrogen-bond donors (Lipinski definition) is 2. The van der Waals surface area contributed by atoms with Crippen LogP contribution in [0.5, 0.6) is 17.2 Å². The molecule has 0 bridgehead atoms. The maximum Gasteiger partial charge on any atom is 0.256 e. The topological polar surface area (TPSA) is 105 Å². The van der Waals surface area contributed by atoms with E-state index in [-0.39, 0.29) is 28.9 Å². The highest BCUT2D eigenvalue weighted by molar-refractivity contribution is 6.01. The molecular weight excluding hydrogens is 453 g/mol. The first kappa shape index (κ1) is 25.8. The number of hydrogen-bond acceptors (Lipinski definition) is 6. The van der Waals surface area contributed by atoms with Crippen molar-refractivity contribution in [3.05, 3.63) is 75.3 Å². The number of primary amides is 1. The van der Waals surface area contributed by atoms with Crippen molar-refractivity contribution in [1.29, 1.82) is 0 Å². The molecule has 0 aliphatic heterocycles. The fourth-order valence-corrected chi connectivity index (χ4v) is 3.54. The van der Waals surface area contributed by atoms with Gasteiger partial charge in [-0.1, -0.05) is 19.1 Å². The number of aryl methyl sites for hydroxylation is 1. The lowest BCUT2D eigenvalue weighted by molar-refractivity contribution is 0.0781. The molecule has 3 N–H and O–H groups in total. The van der Waals surface area contributed by atoms with Crippen molar-refractivity contribution in [2.45, 2.75) is 33.3 Å². The zero-order valence-electron chi connectivity index (χ0n) is 20.5. The number of amides is 1. The quantitative estimate of drug-likeness (QED) is 0.437. The Morgan fingerprint density at radius 2 is 1.86 bits per heavy atom. The van der Waals surface area contributed by atoms with Gasteiger partial charge in [-0.2, -0.15) is 0 Å². The Balaban J connectivity index is 2.06. The van der Waals surface area contributed by atoms with Crippen molar-refractivity contribution in [3.63, 3.8) is 0 Å². The van der Waals surface area contributed by atoms with E-state index in [0.29, 0.717) is 23.7 Å². The summed E-state index contributed by atoms with van der Waals surface area (Å²) in [4.78, 5) is 25.2. The van der Waals surface area contributed by atoms with E-state index in [4.69, 9.17) is 19.9 Å². The molecule has 0 saturated heterocycles. The van der Waals surface area contributed by atoms with Crippen LogP contribution in [-0.4, -0.2) is 30.3 Å². The van der Waals surface area contributed by atoms with Gasteiger partial charge in [0.05, 0.1) is 12.3 Å². The van der Waals surface area contributed by atoms with Gasteiger partial charge in [0.2, 0.25) is 0 Å². The van der Waals surface area contributed by atoms with Crippen molar-refractivity contribution in [2.24, 2.45) is 12.8 Å². The lowest BCUT2D eigenvalue weighted by Gasteiger charge is -2.21. The maximum atomic E-state index is 14.5. The van der Waals surface area contributed by atoms with Crippen LogP contribution in [0.15, 0.2) is 47.3 Å². The summed E-state index contributed by atoms with van der Waals surface area (Å²) in [5.74, 6) is -0.476. The minimum absolute atomic E-state index is 0.0129. The summed E-state index contributed by atoms with van der Waals surface area (Å²) in [5.41, 5.74) is 6.59. The van der Waals surface area contributed by atoms with Gasteiger partial charge in [0.1, 0.15) is 40.6 Å². The Morgan fingerprint density at radius 3 is 2.49 bits per heavy atom. The summed E-state index contributed by atoms with van der Waals surface area (Å²) in [6.45, 7) is 5.97. The van der Waals surface area contributed by atoms with Gasteiger partial charge >= 0.3 is 0 Å². The summed E-state index contributed by atoms with van der Waals surface area (Å²) in [6.07, 6.45) is 0.586. The third kappa shape index (κ3) is 5.81. The largest absolute Gasteiger partial charge is 0.488 e. The molecule has 9 heteroatoms. The number of nitrogens with two attached hydrogens (primary N) is 1. The van der Waals surface area contributed by atoms with Gasteiger partial charge < -0.3 is 25.3 Å². The van der Waals surface area contributed by atoms with Crippen molar-refractivity contribution in [3.8, 4) is 17.2 Å². The molecule has 0 aliphatic rings. The molecule has 1 aromatic heterocycles. The molecule has 2 aromatic carbocycles. The van der Waals surface area contributed by atoms with Gasteiger partial charge in [0, 0.05) is 25.8 Å². The van der Waals surface area contributed by atoms with Gasteiger partial charge in [-0.15, -0.1) is 0 Å². The predicted molar refractivity (Wildman–Crippen MR) is 132 cm³/mol. The summed E-state index contributed by atoms with van der Waals surface area (Å²) >= 11 is 0. The van der Waals surface area contributed by atoms with Gasteiger partial charge in [-0.3, -0.25) is 14.2 Å². The number of methoxy groups -OCH3 is 1. The molecule has 3 rings (SSSR count). The fraction of sp³-hybridized carbons (Fsp3) is 0.308. The Morgan fingerprint density at radius 1 is 1.14 bits per heavy atom. The van der Waals surface area contributed by atoms with Crippen LogP contribution in [0.2, 0.25) is 0 Å². The molecular formula is C26H30FN3O5. The number of halogens is 1. The summed E-state index contributed by atoms with van der Waals surface area (Å²) in [6, 6.07) is 11.0. The molecule has 1 unspecified atom stereocenters. The highest BCUT2D eigenvalue weighted by atomic mass is 19.1. The summed E-state index contributed by atoms with van der Waals surface area (Å²) < 4.78 is 33.0. The van der Waals surface area contributed by atoms with E-state index in [2.05, 4.69) is 5.32 Å². The number of carbonyl (C=O) groups excluding carboxylic acids is 1. The number of benzene rings is 2. The van der Waals surface area contributed by atoms with Crippen LogP contribution in [0.25, 0.3) is 0 Å². The van der Waals surface area contributed by atoms with E-state index in [1.54, 1.807) is 45.2 Å². The van der Waals surface area contributed by atoms with Crippen molar-refractivity contribution < 1.29 is 23.4 Å². The van der Waals surface area contributed by atoms with E-state index in [9.17, 15) is 14.0 Å². The third-order valence-corrected chi connectivity index (χ3v) is 5.58. The van der Waals surface area contributed by atoms with Crippen LogP contribution >= 0.6 is 0 Å². The smallest absolute Gasteiger partial charge is 0.256 e. The summed E-state index contributed by atoms with van der Waals surface area (Å²) in [5, 5.41) is 2.83. The number of rotatable bonds is 10. The molecule has 0 spiro atoms. The average molecular weight is 484 g/mol. The van der Waals surface area contributed by atoms with E-state index >= 15 is 0 Å². The molecule has 0 fully saturated rings. The first-order valence-electron chi connectivity index (χ1n) is 11.2. The number of nitrogens with one attached hydrogen (secondary N) is 1. The fourth-order valence-electron chi connectivity index (χ4n) is 3.54. The van der Waals surface area contributed by atoms with E-state index < -0.39 is 17.3 Å². The molecule has 1 atom stereocenters. The minimum atomic E-state index is -0.846. The van der Waals surface area contributed by atoms with Gasteiger partial charge in [0.25, 0.3) is 11.5 Å². The zero-order chi connectivity index (χ0) is 25.7. The molecule has 1 heterocycles. The monoisotopic (exact) mass is 483 g/mol. The molecule has 1 amide bonds. The molecule has 186 valence electrons. The zero-order valence-corrected chi connectivity index (χ0v) is 20.5. The standard InChI is InChI=1S/C26H30FN3O5/c1-6-17(14-33-5)34-20-8-7-9-21(16(20)3)35-22-13-23(31)30(4)26(24(22)25(28)32)29-19-11-10-15(2)12-18(19)27/h7-13,17,29H,6,14H2,1-5H3,(H2,28,32). The predicted octanol–water partition coefficient (Wildman–Crippen LogP) is 4.58. The molecule has 0 radical (unpaired) electrons. The van der Waals surface area contributed by atoms with E-state index in [0.717, 1.165) is 12.0 Å². The second-order valence-electron chi connectivity index (χ2n) is 8.19. The van der Waals surface area contributed by atoms with Gasteiger partial charge in [-0.05, 0) is 50.1 Å². The van der Waals surface area contributed by atoms with Crippen LogP contribution in [0, 0.1) is 19.7 Å². The molecule has 35 heavy (non-hydrogen) atoms.